The monoisotopic (exact) mass is 281 g/mol. The SMILES string of the molecule is Cc1ccc(CC(N)C2OCCc3ccccc32)cc1C. The van der Waals surface area contributed by atoms with E-state index in [1.165, 1.54) is 27.8 Å². The fourth-order valence-corrected chi connectivity index (χ4v) is 3.09. The van der Waals surface area contributed by atoms with Crippen LogP contribution in [0.1, 0.15) is 33.9 Å². The van der Waals surface area contributed by atoms with Crippen LogP contribution in [0.4, 0.5) is 0 Å². The molecule has 2 heteroatoms. The molecular weight excluding hydrogens is 258 g/mol. The molecule has 2 aromatic carbocycles. The van der Waals surface area contributed by atoms with E-state index in [9.17, 15) is 0 Å². The van der Waals surface area contributed by atoms with Gasteiger partial charge in [0.15, 0.2) is 0 Å². The van der Waals surface area contributed by atoms with Gasteiger partial charge < -0.3 is 10.5 Å². The topological polar surface area (TPSA) is 35.2 Å². The average molecular weight is 281 g/mol. The Morgan fingerprint density at radius 2 is 1.95 bits per heavy atom. The van der Waals surface area contributed by atoms with Gasteiger partial charge in [0.25, 0.3) is 0 Å². The molecule has 2 aromatic rings. The molecule has 1 heterocycles. The van der Waals surface area contributed by atoms with Crippen LogP contribution < -0.4 is 5.73 Å². The van der Waals surface area contributed by atoms with E-state index >= 15 is 0 Å². The first-order valence-electron chi connectivity index (χ1n) is 7.66. The Bertz CT molecular complexity index is 635. The highest BCUT2D eigenvalue weighted by Gasteiger charge is 2.26. The largest absolute Gasteiger partial charge is 0.372 e. The standard InChI is InChI=1S/C19H23NO/c1-13-7-8-15(11-14(13)2)12-18(20)19-17-6-4-3-5-16(17)9-10-21-19/h3-8,11,18-19H,9-10,12,20H2,1-2H3. The van der Waals surface area contributed by atoms with E-state index in [-0.39, 0.29) is 12.1 Å². The van der Waals surface area contributed by atoms with Crippen LogP contribution in [0.2, 0.25) is 0 Å². The Morgan fingerprint density at radius 3 is 2.76 bits per heavy atom. The van der Waals surface area contributed by atoms with Gasteiger partial charge in [-0.15, -0.1) is 0 Å². The molecule has 0 fully saturated rings. The summed E-state index contributed by atoms with van der Waals surface area (Å²) in [5, 5.41) is 0. The van der Waals surface area contributed by atoms with Crippen molar-refractivity contribution < 1.29 is 4.74 Å². The van der Waals surface area contributed by atoms with Gasteiger partial charge in [-0.25, -0.2) is 0 Å². The number of benzene rings is 2. The minimum atomic E-state index is -0.00597. The van der Waals surface area contributed by atoms with Gasteiger partial charge in [-0.05, 0) is 54.5 Å². The van der Waals surface area contributed by atoms with E-state index in [4.69, 9.17) is 10.5 Å². The van der Waals surface area contributed by atoms with Crippen LogP contribution in [-0.2, 0) is 17.6 Å². The second-order valence-corrected chi connectivity index (χ2v) is 6.03. The summed E-state index contributed by atoms with van der Waals surface area (Å²) in [6.07, 6.45) is 1.85. The Kier molecular flexibility index (Phi) is 4.09. The highest BCUT2D eigenvalue weighted by atomic mass is 16.5. The summed E-state index contributed by atoms with van der Waals surface area (Å²) >= 11 is 0. The van der Waals surface area contributed by atoms with Crippen molar-refractivity contribution in [2.24, 2.45) is 5.73 Å². The minimum absolute atomic E-state index is 0.00597. The number of hydrogen-bond donors (Lipinski definition) is 1. The van der Waals surface area contributed by atoms with E-state index in [0.717, 1.165) is 19.4 Å². The third-order valence-electron chi connectivity index (χ3n) is 4.46. The van der Waals surface area contributed by atoms with Crippen LogP contribution in [-0.4, -0.2) is 12.6 Å². The molecule has 1 aliphatic rings. The van der Waals surface area contributed by atoms with Gasteiger partial charge in [0, 0.05) is 6.04 Å². The molecule has 0 spiro atoms. The predicted octanol–water partition coefficient (Wildman–Crippen LogP) is 3.49. The molecule has 2 nitrogen and oxygen atoms in total. The van der Waals surface area contributed by atoms with E-state index in [2.05, 4.69) is 56.3 Å². The van der Waals surface area contributed by atoms with Crippen molar-refractivity contribution in [3.63, 3.8) is 0 Å². The fourth-order valence-electron chi connectivity index (χ4n) is 3.09. The maximum absolute atomic E-state index is 6.46. The lowest BCUT2D eigenvalue weighted by Crippen LogP contribution is -2.35. The summed E-state index contributed by atoms with van der Waals surface area (Å²) in [5.41, 5.74) is 13.0. The molecule has 0 amide bonds. The number of nitrogens with two attached hydrogens (primary N) is 1. The third kappa shape index (κ3) is 3.02. The van der Waals surface area contributed by atoms with Crippen LogP contribution in [0.15, 0.2) is 42.5 Å². The van der Waals surface area contributed by atoms with E-state index in [1.807, 2.05) is 0 Å². The van der Waals surface area contributed by atoms with Gasteiger partial charge in [0.05, 0.1) is 12.7 Å². The maximum Gasteiger partial charge on any atom is 0.0981 e. The molecule has 0 radical (unpaired) electrons. The normalized spacial score (nSPS) is 19.1. The van der Waals surface area contributed by atoms with Gasteiger partial charge in [-0.2, -0.15) is 0 Å². The summed E-state index contributed by atoms with van der Waals surface area (Å²) in [6.45, 7) is 5.05. The highest BCUT2D eigenvalue weighted by Crippen LogP contribution is 2.30. The lowest BCUT2D eigenvalue weighted by Gasteiger charge is -2.30. The van der Waals surface area contributed by atoms with Crippen molar-refractivity contribution in [1.29, 1.82) is 0 Å². The van der Waals surface area contributed by atoms with Crippen molar-refractivity contribution in [1.82, 2.24) is 0 Å². The van der Waals surface area contributed by atoms with Gasteiger partial charge in [-0.1, -0.05) is 42.5 Å². The smallest absolute Gasteiger partial charge is 0.0981 e. The fraction of sp³-hybridized carbons (Fsp3) is 0.368. The second-order valence-electron chi connectivity index (χ2n) is 6.03. The molecule has 0 aromatic heterocycles. The first kappa shape index (κ1) is 14.3. The van der Waals surface area contributed by atoms with Crippen LogP contribution >= 0.6 is 0 Å². The summed E-state index contributed by atoms with van der Waals surface area (Å²) in [6, 6.07) is 15.1. The zero-order valence-corrected chi connectivity index (χ0v) is 12.8. The summed E-state index contributed by atoms with van der Waals surface area (Å²) in [5.74, 6) is 0. The second kappa shape index (κ2) is 6.00. The molecule has 21 heavy (non-hydrogen) atoms. The molecule has 2 unspecified atom stereocenters. The van der Waals surface area contributed by atoms with Crippen LogP contribution in [0.5, 0.6) is 0 Å². The first-order chi connectivity index (χ1) is 10.1. The van der Waals surface area contributed by atoms with Crippen molar-refractivity contribution in [2.45, 2.75) is 38.8 Å². The minimum Gasteiger partial charge on any atom is -0.372 e. The van der Waals surface area contributed by atoms with E-state index < -0.39 is 0 Å². The summed E-state index contributed by atoms with van der Waals surface area (Å²) in [4.78, 5) is 0. The number of ether oxygens (including phenoxy) is 1. The van der Waals surface area contributed by atoms with Crippen LogP contribution in [0.25, 0.3) is 0 Å². The van der Waals surface area contributed by atoms with Gasteiger partial charge in [0.2, 0.25) is 0 Å². The molecule has 0 saturated carbocycles. The summed E-state index contributed by atoms with van der Waals surface area (Å²) in [7, 11) is 0. The Balaban J connectivity index is 1.80. The lowest BCUT2D eigenvalue weighted by atomic mass is 9.90. The molecule has 2 N–H and O–H groups in total. The van der Waals surface area contributed by atoms with Crippen molar-refractivity contribution in [3.8, 4) is 0 Å². The lowest BCUT2D eigenvalue weighted by molar-refractivity contribution is 0.0246. The van der Waals surface area contributed by atoms with Crippen molar-refractivity contribution >= 4 is 0 Å². The molecule has 0 saturated heterocycles. The van der Waals surface area contributed by atoms with Crippen LogP contribution in [0.3, 0.4) is 0 Å². The Morgan fingerprint density at radius 1 is 1.14 bits per heavy atom. The molecule has 110 valence electrons. The first-order valence-corrected chi connectivity index (χ1v) is 7.66. The molecule has 0 bridgehead atoms. The predicted molar refractivity (Wildman–Crippen MR) is 86.4 cm³/mol. The quantitative estimate of drug-likeness (QED) is 0.934. The zero-order valence-electron chi connectivity index (χ0n) is 12.8. The zero-order chi connectivity index (χ0) is 14.8. The molecule has 2 atom stereocenters. The van der Waals surface area contributed by atoms with Crippen LogP contribution in [0, 0.1) is 13.8 Å². The van der Waals surface area contributed by atoms with Crippen molar-refractivity contribution in [2.75, 3.05) is 6.61 Å². The molecule has 1 aliphatic heterocycles. The number of hydrogen-bond acceptors (Lipinski definition) is 2. The van der Waals surface area contributed by atoms with Gasteiger partial charge in [0.1, 0.15) is 0 Å². The number of aryl methyl sites for hydroxylation is 2. The summed E-state index contributed by atoms with van der Waals surface area (Å²) < 4.78 is 5.97. The highest BCUT2D eigenvalue weighted by molar-refractivity contribution is 5.34. The van der Waals surface area contributed by atoms with E-state index in [0.29, 0.717) is 0 Å². The average Bonchev–Trinajstić information content (AvgIpc) is 2.50. The number of rotatable bonds is 3. The molecule has 0 aliphatic carbocycles. The van der Waals surface area contributed by atoms with Gasteiger partial charge in [-0.3, -0.25) is 0 Å². The number of fused-ring (bicyclic) bond motifs is 1. The molecule has 3 rings (SSSR count). The molecular formula is C19H23NO. The van der Waals surface area contributed by atoms with E-state index in [1.54, 1.807) is 0 Å². The maximum atomic E-state index is 6.46. The van der Waals surface area contributed by atoms with Crippen molar-refractivity contribution in [3.05, 3.63) is 70.3 Å². The Labute approximate surface area is 126 Å². The Hall–Kier alpha value is -1.64. The third-order valence-corrected chi connectivity index (χ3v) is 4.46. The van der Waals surface area contributed by atoms with Gasteiger partial charge >= 0.3 is 0 Å².